The second-order valence-corrected chi connectivity index (χ2v) is 9.50. The Morgan fingerprint density at radius 1 is 0.706 bits per heavy atom. The average molecular weight is 483 g/mol. The molecule has 0 heterocycles. The highest BCUT2D eigenvalue weighted by Gasteiger charge is 2.07. The van der Waals surface area contributed by atoms with Crippen LogP contribution < -0.4 is 10.2 Å². The van der Waals surface area contributed by atoms with E-state index in [2.05, 4.69) is 10.5 Å². The van der Waals surface area contributed by atoms with Crippen LogP contribution in [-0.2, 0) is 4.79 Å². The van der Waals surface area contributed by atoms with E-state index in [-0.39, 0.29) is 5.91 Å². The highest BCUT2D eigenvalue weighted by atomic mass is 32.2. The maximum Gasteiger partial charge on any atom is 0.265 e. The average Bonchev–Trinajstić information content (AvgIpc) is 2.86. The summed E-state index contributed by atoms with van der Waals surface area (Å²) in [5.74, 6) is 1.16. The first-order chi connectivity index (χ1) is 16.7. The molecule has 0 spiro atoms. The van der Waals surface area contributed by atoms with Gasteiger partial charge in [-0.3, -0.25) is 4.79 Å². The highest BCUT2D eigenvalue weighted by Crippen LogP contribution is 2.38. The molecule has 0 fully saturated rings. The molecule has 1 N–H and O–H groups in total. The van der Waals surface area contributed by atoms with Gasteiger partial charge in [-0.2, -0.15) is 5.10 Å². The Labute approximate surface area is 207 Å². The van der Waals surface area contributed by atoms with Gasteiger partial charge in [0, 0.05) is 15.9 Å². The molecular formula is C28H22N2O2S2. The number of nitrogens with one attached hydrogen (secondary N) is 1. The second-order valence-electron chi connectivity index (χ2n) is 7.02. The summed E-state index contributed by atoms with van der Waals surface area (Å²) in [5, 5.41) is 4.11. The number of hydrazone groups is 1. The van der Waals surface area contributed by atoms with Crippen molar-refractivity contribution in [1.82, 2.24) is 5.43 Å². The van der Waals surface area contributed by atoms with Gasteiger partial charge in [-0.15, -0.1) is 0 Å². The minimum atomic E-state index is -0.296. The molecule has 4 aromatic rings. The van der Waals surface area contributed by atoms with Crippen molar-refractivity contribution >= 4 is 35.6 Å². The fraction of sp³-hybridized carbons (Fsp3) is 0. The summed E-state index contributed by atoms with van der Waals surface area (Å²) >= 11 is 3.08. The highest BCUT2D eigenvalue weighted by molar-refractivity contribution is 8.22. The van der Waals surface area contributed by atoms with Crippen LogP contribution in [0.3, 0.4) is 0 Å². The molecule has 0 unspecified atom stereocenters. The summed E-state index contributed by atoms with van der Waals surface area (Å²) in [6.07, 6.45) is 3.17. The fourth-order valence-corrected chi connectivity index (χ4v) is 5.01. The van der Waals surface area contributed by atoms with Gasteiger partial charge in [0.05, 0.1) is 10.5 Å². The first-order valence-electron chi connectivity index (χ1n) is 10.6. The van der Waals surface area contributed by atoms with Gasteiger partial charge in [0.1, 0.15) is 11.5 Å². The molecule has 0 atom stereocenters. The molecule has 34 heavy (non-hydrogen) atoms. The van der Waals surface area contributed by atoms with Crippen LogP contribution in [0.25, 0.3) is 0 Å². The molecule has 0 aliphatic heterocycles. The number of rotatable bonds is 9. The van der Waals surface area contributed by atoms with Gasteiger partial charge in [-0.1, -0.05) is 90.3 Å². The first-order valence-corrected chi connectivity index (χ1v) is 12.2. The van der Waals surface area contributed by atoms with Gasteiger partial charge in [-0.05, 0) is 54.1 Å². The molecule has 0 aliphatic rings. The maximum absolute atomic E-state index is 12.6. The molecule has 1 amide bonds. The standard InChI is InChI=1S/C28H22N2O2S2/c31-27(20-28(33-25-15-6-2-7-16-25)34-26-17-8-3-9-18-26)30-29-21-22-11-10-14-24(19-22)32-23-12-4-1-5-13-23/h1-21H,(H,30,31)/b29-21+. The minimum absolute atomic E-state index is 0.296. The molecule has 0 saturated heterocycles. The lowest BCUT2D eigenvalue weighted by Crippen LogP contribution is -2.14. The van der Waals surface area contributed by atoms with Crippen molar-refractivity contribution in [2.24, 2.45) is 5.10 Å². The van der Waals surface area contributed by atoms with Crippen LogP contribution in [0, 0.1) is 0 Å². The molecule has 0 aromatic heterocycles. The molecular weight excluding hydrogens is 460 g/mol. The quantitative estimate of drug-likeness (QED) is 0.117. The van der Waals surface area contributed by atoms with Gasteiger partial charge in [0.2, 0.25) is 0 Å². The third kappa shape index (κ3) is 7.69. The monoisotopic (exact) mass is 482 g/mol. The zero-order valence-electron chi connectivity index (χ0n) is 18.2. The van der Waals surface area contributed by atoms with Gasteiger partial charge < -0.3 is 4.74 Å². The van der Waals surface area contributed by atoms with Gasteiger partial charge in [0.15, 0.2) is 0 Å². The maximum atomic E-state index is 12.6. The third-order valence-corrected chi connectivity index (χ3v) is 6.55. The summed E-state index contributed by atoms with van der Waals surface area (Å²) in [4.78, 5) is 14.7. The Bertz CT molecular complexity index is 1220. The summed E-state index contributed by atoms with van der Waals surface area (Å²) in [6, 6.07) is 37.0. The van der Waals surface area contributed by atoms with Crippen LogP contribution in [0.1, 0.15) is 5.56 Å². The van der Waals surface area contributed by atoms with Gasteiger partial charge in [0.25, 0.3) is 5.91 Å². The number of ether oxygens (including phenoxy) is 1. The van der Waals surface area contributed by atoms with E-state index < -0.39 is 0 Å². The van der Waals surface area contributed by atoms with E-state index in [4.69, 9.17) is 4.74 Å². The van der Waals surface area contributed by atoms with Crippen LogP contribution in [0.15, 0.2) is 140 Å². The van der Waals surface area contributed by atoms with E-state index in [9.17, 15) is 4.79 Å². The second kappa shape index (κ2) is 12.5. The zero-order chi connectivity index (χ0) is 23.4. The molecule has 0 saturated carbocycles. The summed E-state index contributed by atoms with van der Waals surface area (Å²) in [5.41, 5.74) is 3.40. The number of nitrogens with zero attached hydrogens (tertiary/aromatic N) is 1. The number of thioether (sulfide) groups is 2. The summed E-state index contributed by atoms with van der Waals surface area (Å²) < 4.78 is 6.70. The largest absolute Gasteiger partial charge is 0.457 e. The zero-order valence-corrected chi connectivity index (χ0v) is 19.8. The van der Waals surface area contributed by atoms with Crippen LogP contribution in [-0.4, -0.2) is 12.1 Å². The molecule has 0 radical (unpaired) electrons. The van der Waals surface area contributed by atoms with Crippen molar-refractivity contribution < 1.29 is 9.53 Å². The lowest BCUT2D eigenvalue weighted by atomic mass is 10.2. The Morgan fingerprint density at radius 3 is 1.88 bits per heavy atom. The van der Waals surface area contributed by atoms with Crippen molar-refractivity contribution in [2.45, 2.75) is 9.79 Å². The number of carbonyl (C=O) groups is 1. The Balaban J connectivity index is 1.41. The van der Waals surface area contributed by atoms with Gasteiger partial charge >= 0.3 is 0 Å². The lowest BCUT2D eigenvalue weighted by molar-refractivity contribution is -0.116. The van der Waals surface area contributed by atoms with Crippen LogP contribution in [0.5, 0.6) is 11.5 Å². The predicted octanol–water partition coefficient (Wildman–Crippen LogP) is 7.36. The van der Waals surface area contributed by atoms with Crippen molar-refractivity contribution in [2.75, 3.05) is 0 Å². The SMILES string of the molecule is O=C(C=C(Sc1ccccc1)Sc1ccccc1)N/N=C/c1cccc(Oc2ccccc2)c1. The van der Waals surface area contributed by atoms with Crippen LogP contribution in [0.2, 0.25) is 0 Å². The number of hydrogen-bond donors (Lipinski definition) is 1. The first kappa shape index (κ1) is 23.4. The van der Waals surface area contributed by atoms with E-state index in [0.717, 1.165) is 25.3 Å². The Hall–Kier alpha value is -3.74. The van der Waals surface area contributed by atoms with Crippen molar-refractivity contribution in [1.29, 1.82) is 0 Å². The number of carbonyl (C=O) groups excluding carboxylic acids is 1. The van der Waals surface area contributed by atoms with Crippen LogP contribution in [0.4, 0.5) is 0 Å². The number of amides is 1. The van der Waals surface area contributed by atoms with Crippen molar-refractivity contribution in [3.63, 3.8) is 0 Å². The fourth-order valence-electron chi connectivity index (χ4n) is 2.88. The third-order valence-electron chi connectivity index (χ3n) is 4.40. The van der Waals surface area contributed by atoms with E-state index >= 15 is 0 Å². The predicted molar refractivity (Wildman–Crippen MR) is 141 cm³/mol. The normalized spacial score (nSPS) is 10.6. The number of para-hydroxylation sites is 1. The molecule has 6 heteroatoms. The Morgan fingerprint density at radius 2 is 1.26 bits per heavy atom. The summed E-state index contributed by atoms with van der Waals surface area (Å²) in [6.45, 7) is 0. The molecule has 0 bridgehead atoms. The lowest BCUT2D eigenvalue weighted by Gasteiger charge is -2.07. The molecule has 4 aromatic carbocycles. The topological polar surface area (TPSA) is 50.7 Å². The van der Waals surface area contributed by atoms with E-state index in [1.165, 1.54) is 23.5 Å². The number of benzene rings is 4. The van der Waals surface area contributed by atoms with E-state index in [1.807, 2.05) is 115 Å². The van der Waals surface area contributed by atoms with E-state index in [0.29, 0.717) is 5.75 Å². The van der Waals surface area contributed by atoms with E-state index in [1.54, 1.807) is 12.3 Å². The van der Waals surface area contributed by atoms with Gasteiger partial charge in [-0.25, -0.2) is 5.43 Å². The smallest absolute Gasteiger partial charge is 0.265 e. The Kier molecular flexibility index (Phi) is 8.60. The van der Waals surface area contributed by atoms with Crippen molar-refractivity contribution in [3.8, 4) is 11.5 Å². The molecule has 168 valence electrons. The minimum Gasteiger partial charge on any atom is -0.457 e. The number of hydrogen-bond acceptors (Lipinski definition) is 5. The molecule has 4 rings (SSSR count). The van der Waals surface area contributed by atoms with Crippen LogP contribution >= 0.6 is 23.5 Å². The summed E-state index contributed by atoms with van der Waals surface area (Å²) in [7, 11) is 0. The molecule has 0 aliphatic carbocycles. The molecule has 4 nitrogen and oxygen atoms in total. The van der Waals surface area contributed by atoms with Crippen molar-refractivity contribution in [3.05, 3.63) is 131 Å².